The van der Waals surface area contributed by atoms with E-state index >= 15 is 0 Å². The highest BCUT2D eigenvalue weighted by Gasteiger charge is 2.37. The number of amides is 1. The molecule has 1 amide bonds. The molecule has 5 nitrogen and oxygen atoms in total. The third kappa shape index (κ3) is 7.85. The third-order valence-electron chi connectivity index (χ3n) is 8.71. The standard InChI is InChI=1S/C34H46ClN3O2/c1-27-10-12-29(13-11-27)33(28-8-5-4-6-9-28,26-36-32(39)18-23-37(2)3)19-7-22-38-24-20-34(40,21-25-38)30-14-16-31(35)17-15-30/h4-6,8-10,12-17,27,40H,7,11,18-26H2,1-3H3,(H,36,39). The first kappa shape index (κ1) is 30.5. The molecular formula is C34H46ClN3O2. The molecule has 0 aromatic heterocycles. The van der Waals surface area contributed by atoms with Gasteiger partial charge in [-0.15, -0.1) is 0 Å². The molecule has 2 aliphatic rings. The Morgan fingerprint density at radius 2 is 1.82 bits per heavy atom. The van der Waals surface area contributed by atoms with Crippen molar-refractivity contribution in [2.45, 2.75) is 56.5 Å². The largest absolute Gasteiger partial charge is 0.385 e. The topological polar surface area (TPSA) is 55.8 Å². The number of hydrogen-bond acceptors (Lipinski definition) is 4. The zero-order valence-corrected chi connectivity index (χ0v) is 25.2. The number of piperidine rings is 1. The molecule has 1 aliphatic heterocycles. The first-order chi connectivity index (χ1) is 19.2. The van der Waals surface area contributed by atoms with Crippen molar-refractivity contribution >= 4 is 17.5 Å². The lowest BCUT2D eigenvalue weighted by molar-refractivity contribution is -0.121. The van der Waals surface area contributed by atoms with Crippen molar-refractivity contribution in [2.75, 3.05) is 46.8 Å². The second-order valence-corrected chi connectivity index (χ2v) is 12.4. The quantitative estimate of drug-likeness (QED) is 0.336. The van der Waals surface area contributed by atoms with E-state index in [2.05, 4.69) is 65.7 Å². The molecule has 6 heteroatoms. The van der Waals surface area contributed by atoms with Crippen LogP contribution in [0.15, 0.2) is 78.4 Å². The smallest absolute Gasteiger partial charge is 0.221 e. The Hall–Kier alpha value is -2.44. The number of halogens is 1. The zero-order chi connectivity index (χ0) is 28.6. The van der Waals surface area contributed by atoms with Crippen molar-refractivity contribution in [3.63, 3.8) is 0 Å². The Morgan fingerprint density at radius 1 is 1.12 bits per heavy atom. The molecular weight excluding hydrogens is 518 g/mol. The number of carbonyl (C=O) groups excluding carboxylic acids is 1. The Kier molecular flexibility index (Phi) is 10.6. The molecule has 1 saturated heterocycles. The van der Waals surface area contributed by atoms with Gasteiger partial charge in [-0.25, -0.2) is 0 Å². The molecule has 216 valence electrons. The Morgan fingerprint density at radius 3 is 2.45 bits per heavy atom. The van der Waals surface area contributed by atoms with Crippen molar-refractivity contribution in [3.05, 3.63) is 94.5 Å². The van der Waals surface area contributed by atoms with Gasteiger partial charge < -0.3 is 20.2 Å². The molecule has 0 spiro atoms. The number of rotatable bonds is 12. The van der Waals surface area contributed by atoms with Crippen LogP contribution >= 0.6 is 11.6 Å². The molecule has 0 bridgehead atoms. The van der Waals surface area contributed by atoms with E-state index in [0.717, 1.165) is 51.0 Å². The van der Waals surface area contributed by atoms with Gasteiger partial charge in [0.1, 0.15) is 0 Å². The monoisotopic (exact) mass is 563 g/mol. The molecule has 2 aromatic carbocycles. The highest BCUT2D eigenvalue weighted by molar-refractivity contribution is 6.30. The van der Waals surface area contributed by atoms with Crippen LogP contribution in [-0.2, 0) is 15.8 Å². The van der Waals surface area contributed by atoms with Crippen molar-refractivity contribution < 1.29 is 9.90 Å². The van der Waals surface area contributed by atoms with Crippen LogP contribution < -0.4 is 5.32 Å². The van der Waals surface area contributed by atoms with Crippen molar-refractivity contribution in [2.24, 2.45) is 5.92 Å². The lowest BCUT2D eigenvalue weighted by Crippen LogP contribution is -2.45. The van der Waals surface area contributed by atoms with Gasteiger partial charge in [0.05, 0.1) is 5.60 Å². The van der Waals surface area contributed by atoms with Gasteiger partial charge in [-0.05, 0) is 87.5 Å². The molecule has 0 radical (unpaired) electrons. The van der Waals surface area contributed by atoms with Crippen LogP contribution in [-0.4, -0.2) is 67.6 Å². The highest BCUT2D eigenvalue weighted by atomic mass is 35.5. The zero-order valence-electron chi connectivity index (χ0n) is 24.4. The number of nitrogens with zero attached hydrogens (tertiary/aromatic N) is 2. The summed E-state index contributed by atoms with van der Waals surface area (Å²) in [6.07, 6.45) is 11.9. The maximum absolute atomic E-state index is 12.9. The highest BCUT2D eigenvalue weighted by Crippen LogP contribution is 2.40. The van der Waals surface area contributed by atoms with Crippen LogP contribution in [0.4, 0.5) is 0 Å². The predicted octanol–water partition coefficient (Wildman–Crippen LogP) is 5.93. The summed E-state index contributed by atoms with van der Waals surface area (Å²) < 4.78 is 0. The molecule has 2 N–H and O–H groups in total. The van der Waals surface area contributed by atoms with E-state index in [4.69, 9.17) is 11.6 Å². The molecule has 4 rings (SSSR count). The number of likely N-dealkylation sites (tertiary alicyclic amines) is 1. The van der Waals surface area contributed by atoms with Crippen LogP contribution in [0.1, 0.15) is 56.6 Å². The van der Waals surface area contributed by atoms with E-state index in [0.29, 0.717) is 36.7 Å². The summed E-state index contributed by atoms with van der Waals surface area (Å²) in [5, 5.41) is 15.3. The number of aliphatic hydroxyl groups is 1. The van der Waals surface area contributed by atoms with E-state index in [1.54, 1.807) is 0 Å². The fraction of sp³-hybridized carbons (Fsp3) is 0.500. The van der Waals surface area contributed by atoms with Gasteiger partial charge in [0, 0.05) is 43.0 Å². The van der Waals surface area contributed by atoms with Crippen LogP contribution in [0.5, 0.6) is 0 Å². The minimum Gasteiger partial charge on any atom is -0.385 e. The van der Waals surface area contributed by atoms with Crippen molar-refractivity contribution in [1.29, 1.82) is 0 Å². The van der Waals surface area contributed by atoms with E-state index in [9.17, 15) is 9.90 Å². The van der Waals surface area contributed by atoms with Gasteiger partial charge in [0.25, 0.3) is 0 Å². The molecule has 40 heavy (non-hydrogen) atoms. The molecule has 2 aromatic rings. The van der Waals surface area contributed by atoms with Gasteiger partial charge in [-0.2, -0.15) is 0 Å². The first-order valence-electron chi connectivity index (χ1n) is 14.8. The lowest BCUT2D eigenvalue weighted by atomic mass is 9.68. The molecule has 2 atom stereocenters. The number of hydrogen-bond donors (Lipinski definition) is 2. The first-order valence-corrected chi connectivity index (χ1v) is 15.1. The summed E-state index contributed by atoms with van der Waals surface area (Å²) in [6.45, 7) is 6.26. The SMILES string of the molecule is CC1C=CC(C(CCCN2CCC(O)(c3ccc(Cl)cc3)CC2)(CNC(=O)CCN(C)C)c2ccccc2)=CC1. The van der Waals surface area contributed by atoms with Crippen LogP contribution in [0.2, 0.25) is 5.02 Å². The summed E-state index contributed by atoms with van der Waals surface area (Å²) in [4.78, 5) is 17.4. The van der Waals surface area contributed by atoms with Crippen LogP contribution in [0.25, 0.3) is 0 Å². The average Bonchev–Trinajstić information content (AvgIpc) is 2.96. The maximum atomic E-state index is 12.9. The van der Waals surface area contributed by atoms with E-state index < -0.39 is 5.60 Å². The number of carbonyl (C=O) groups is 1. The summed E-state index contributed by atoms with van der Waals surface area (Å²) in [7, 11) is 3.99. The number of allylic oxidation sites excluding steroid dienone is 3. The molecule has 1 aliphatic carbocycles. The summed E-state index contributed by atoms with van der Waals surface area (Å²) in [5.41, 5.74) is 2.44. The Bertz CT molecular complexity index is 1150. The van der Waals surface area contributed by atoms with Gasteiger partial charge >= 0.3 is 0 Å². The fourth-order valence-corrected chi connectivity index (χ4v) is 6.18. The van der Waals surface area contributed by atoms with Gasteiger partial charge in [0.15, 0.2) is 0 Å². The second-order valence-electron chi connectivity index (χ2n) is 12.0. The molecule has 1 fully saturated rings. The maximum Gasteiger partial charge on any atom is 0.221 e. The molecule has 0 saturated carbocycles. The van der Waals surface area contributed by atoms with Crippen molar-refractivity contribution in [3.8, 4) is 0 Å². The number of benzene rings is 2. The van der Waals surface area contributed by atoms with E-state index in [-0.39, 0.29) is 11.3 Å². The molecule has 2 unspecified atom stereocenters. The Balaban J connectivity index is 1.46. The lowest BCUT2D eigenvalue weighted by Gasteiger charge is -2.40. The summed E-state index contributed by atoms with van der Waals surface area (Å²) in [6, 6.07) is 18.3. The Labute approximate surface area is 245 Å². The normalized spacial score (nSPS) is 20.6. The summed E-state index contributed by atoms with van der Waals surface area (Å²) in [5.74, 6) is 0.625. The van der Waals surface area contributed by atoms with Crippen LogP contribution in [0.3, 0.4) is 0 Å². The summed E-state index contributed by atoms with van der Waals surface area (Å²) >= 11 is 6.07. The van der Waals surface area contributed by atoms with E-state index in [1.807, 2.05) is 43.3 Å². The van der Waals surface area contributed by atoms with Crippen LogP contribution in [0, 0.1) is 5.92 Å². The number of nitrogens with one attached hydrogen (secondary N) is 1. The second kappa shape index (κ2) is 14.0. The van der Waals surface area contributed by atoms with Crippen molar-refractivity contribution in [1.82, 2.24) is 15.1 Å². The fourth-order valence-electron chi connectivity index (χ4n) is 6.05. The van der Waals surface area contributed by atoms with E-state index in [1.165, 1.54) is 11.1 Å². The average molecular weight is 564 g/mol. The van der Waals surface area contributed by atoms with Gasteiger partial charge in [0.2, 0.25) is 5.91 Å². The minimum atomic E-state index is -0.792. The van der Waals surface area contributed by atoms with Gasteiger partial charge in [-0.3, -0.25) is 4.79 Å². The minimum absolute atomic E-state index is 0.0975. The third-order valence-corrected chi connectivity index (χ3v) is 8.96. The predicted molar refractivity (Wildman–Crippen MR) is 166 cm³/mol. The molecule has 1 heterocycles. The van der Waals surface area contributed by atoms with Gasteiger partial charge in [-0.1, -0.05) is 79.2 Å².